The van der Waals surface area contributed by atoms with Gasteiger partial charge in [-0.15, -0.1) is 0 Å². The molecule has 0 aromatic heterocycles. The van der Waals surface area contributed by atoms with Gasteiger partial charge in [-0.3, -0.25) is 9.68 Å². The van der Waals surface area contributed by atoms with Crippen LogP contribution in [0.25, 0.3) is 0 Å². The highest BCUT2D eigenvalue weighted by atomic mass is 17.1. The van der Waals surface area contributed by atoms with Crippen LogP contribution in [0.1, 0.15) is 46.9 Å². The van der Waals surface area contributed by atoms with Crippen LogP contribution in [0.2, 0.25) is 0 Å². The molecule has 1 atom stereocenters. The number of unbranched alkanes of at least 4 members (excludes halogenated alkanes) is 1. The maximum atomic E-state index is 12.5. The van der Waals surface area contributed by atoms with E-state index in [0.717, 1.165) is 0 Å². The Morgan fingerprint density at radius 3 is 2.29 bits per heavy atom. The van der Waals surface area contributed by atoms with Gasteiger partial charge in [0.05, 0.1) is 5.56 Å². The first-order valence-electron chi connectivity index (χ1n) is 6.40. The van der Waals surface area contributed by atoms with Gasteiger partial charge in [0.15, 0.2) is 11.3 Å². The van der Waals surface area contributed by atoms with Crippen LogP contribution >= 0.6 is 0 Å². The number of hydrogen-bond donors (Lipinski definition) is 3. The third-order valence-electron chi connectivity index (χ3n) is 3.18. The molecule has 114 valence electrons. The first-order chi connectivity index (χ1) is 9.88. The van der Waals surface area contributed by atoms with Gasteiger partial charge in [0, 0.05) is 5.56 Å². The monoisotopic (exact) mass is 295 g/mol. The number of nitrogens with two attached hydrogens (primary N) is 1. The number of carbonyl (C=O) groups excluding carboxylic acids is 2. The number of rotatable bonds is 7. The van der Waals surface area contributed by atoms with Crippen molar-refractivity contribution in [2.45, 2.75) is 31.7 Å². The second-order valence-electron chi connectivity index (χ2n) is 4.63. The maximum Gasteiger partial charge on any atom is 0.369 e. The summed E-state index contributed by atoms with van der Waals surface area (Å²) in [7, 11) is 0. The van der Waals surface area contributed by atoms with Crippen molar-refractivity contribution in [3.05, 3.63) is 35.4 Å². The van der Waals surface area contributed by atoms with E-state index in [1.807, 2.05) is 6.92 Å². The van der Waals surface area contributed by atoms with Crippen molar-refractivity contribution in [2.75, 3.05) is 0 Å². The molecule has 0 aliphatic rings. The molecule has 0 saturated heterocycles. The highest BCUT2D eigenvalue weighted by molar-refractivity contribution is 6.19. The van der Waals surface area contributed by atoms with Crippen molar-refractivity contribution in [1.29, 1.82) is 0 Å². The van der Waals surface area contributed by atoms with Crippen molar-refractivity contribution in [3.63, 3.8) is 0 Å². The number of carboxylic acids is 1. The van der Waals surface area contributed by atoms with E-state index in [1.165, 1.54) is 24.3 Å². The lowest BCUT2D eigenvalue weighted by atomic mass is 9.84. The number of Topliss-reactive ketones (excluding diaryl/α,β-unsaturated/α-hetero) is 1. The summed E-state index contributed by atoms with van der Waals surface area (Å²) in [5, 5.41) is 17.6. The first-order valence-corrected chi connectivity index (χ1v) is 6.40. The van der Waals surface area contributed by atoms with Crippen LogP contribution in [0.3, 0.4) is 0 Å². The Balaban J connectivity index is 3.29. The van der Waals surface area contributed by atoms with Gasteiger partial charge in [-0.05, 0) is 12.5 Å². The fraction of sp³-hybridized carbons (Fsp3) is 0.357. The molecule has 0 aliphatic carbocycles. The van der Waals surface area contributed by atoms with Gasteiger partial charge in [0.2, 0.25) is 0 Å². The van der Waals surface area contributed by atoms with Crippen LogP contribution in [0.5, 0.6) is 0 Å². The molecule has 0 aliphatic heterocycles. The third-order valence-corrected chi connectivity index (χ3v) is 3.18. The molecule has 1 unspecified atom stereocenters. The Morgan fingerprint density at radius 2 is 1.81 bits per heavy atom. The van der Waals surface area contributed by atoms with Crippen LogP contribution in [-0.2, 0) is 9.68 Å². The topological polar surface area (TPSA) is 127 Å². The highest BCUT2D eigenvalue weighted by Crippen LogP contribution is 2.22. The molecule has 0 spiro atoms. The predicted molar refractivity (Wildman–Crippen MR) is 72.9 cm³/mol. The molecule has 0 saturated carbocycles. The molecule has 0 radical (unpaired) electrons. The molecule has 0 bridgehead atoms. The molecule has 1 rings (SSSR count). The average molecular weight is 295 g/mol. The normalized spacial score (nSPS) is 13.3. The summed E-state index contributed by atoms with van der Waals surface area (Å²) in [5.41, 5.74) is 3.23. The summed E-state index contributed by atoms with van der Waals surface area (Å²) >= 11 is 0. The van der Waals surface area contributed by atoms with E-state index in [9.17, 15) is 14.4 Å². The SMILES string of the molecule is CCCCC(N)(C(=O)OO)C(=O)c1ccccc1C(=O)O. The zero-order valence-corrected chi connectivity index (χ0v) is 11.5. The van der Waals surface area contributed by atoms with E-state index in [0.29, 0.717) is 12.8 Å². The lowest BCUT2D eigenvalue weighted by Gasteiger charge is -2.24. The standard InChI is InChI=1S/C14H17NO6/c1-2-3-8-14(15,13(19)21-20)11(16)9-6-4-5-7-10(9)12(17)18/h4-7,20H,2-3,8,15H2,1H3,(H,17,18). The number of benzene rings is 1. The van der Waals surface area contributed by atoms with E-state index in [1.54, 1.807) is 0 Å². The van der Waals surface area contributed by atoms with Crippen LogP contribution in [0.4, 0.5) is 0 Å². The molecule has 0 fully saturated rings. The van der Waals surface area contributed by atoms with Gasteiger partial charge in [-0.1, -0.05) is 38.0 Å². The molecular formula is C14H17NO6. The zero-order valence-electron chi connectivity index (χ0n) is 11.5. The number of carboxylic acid groups (broad SMARTS) is 1. The lowest BCUT2D eigenvalue weighted by Crippen LogP contribution is -2.55. The number of ketones is 1. The fourth-order valence-corrected chi connectivity index (χ4v) is 1.95. The van der Waals surface area contributed by atoms with E-state index < -0.39 is 23.3 Å². The summed E-state index contributed by atoms with van der Waals surface area (Å²) in [5.74, 6) is -3.51. The summed E-state index contributed by atoms with van der Waals surface area (Å²) in [6.45, 7) is 1.83. The molecule has 4 N–H and O–H groups in total. The van der Waals surface area contributed by atoms with Gasteiger partial charge in [0.1, 0.15) is 0 Å². The van der Waals surface area contributed by atoms with Crippen molar-refractivity contribution >= 4 is 17.7 Å². The molecule has 21 heavy (non-hydrogen) atoms. The molecule has 1 aromatic rings. The number of aromatic carboxylic acids is 1. The van der Waals surface area contributed by atoms with Crippen LogP contribution in [0, 0.1) is 0 Å². The zero-order chi connectivity index (χ0) is 16.0. The van der Waals surface area contributed by atoms with E-state index in [4.69, 9.17) is 16.1 Å². The molecule has 7 heteroatoms. The number of carbonyl (C=O) groups is 3. The Hall–Kier alpha value is -2.25. The Labute approximate surface area is 121 Å². The van der Waals surface area contributed by atoms with Crippen LogP contribution in [0.15, 0.2) is 24.3 Å². The Bertz CT molecular complexity index is 556. The van der Waals surface area contributed by atoms with Crippen molar-refractivity contribution in [2.24, 2.45) is 5.73 Å². The van der Waals surface area contributed by atoms with Gasteiger partial charge >= 0.3 is 11.9 Å². The third kappa shape index (κ3) is 3.45. The predicted octanol–water partition coefficient (Wildman–Crippen LogP) is 1.47. The molecule has 0 amide bonds. The summed E-state index contributed by atoms with van der Waals surface area (Å²) in [4.78, 5) is 38.9. The summed E-state index contributed by atoms with van der Waals surface area (Å²) in [6.07, 6.45) is 1.04. The quantitative estimate of drug-likeness (QED) is 0.301. The minimum atomic E-state index is -2.11. The van der Waals surface area contributed by atoms with Crippen LogP contribution in [-0.4, -0.2) is 33.6 Å². The Kier molecular flexibility index (Phi) is 5.57. The second kappa shape index (κ2) is 6.96. The van der Waals surface area contributed by atoms with E-state index in [2.05, 4.69) is 4.89 Å². The lowest BCUT2D eigenvalue weighted by molar-refractivity contribution is -0.238. The molecular weight excluding hydrogens is 278 g/mol. The van der Waals surface area contributed by atoms with Crippen molar-refractivity contribution in [1.82, 2.24) is 0 Å². The minimum absolute atomic E-state index is 0.0598. The summed E-state index contributed by atoms with van der Waals surface area (Å²) < 4.78 is 0. The van der Waals surface area contributed by atoms with Crippen LogP contribution < -0.4 is 5.73 Å². The van der Waals surface area contributed by atoms with E-state index in [-0.39, 0.29) is 17.5 Å². The van der Waals surface area contributed by atoms with Crippen molar-refractivity contribution in [3.8, 4) is 0 Å². The largest absolute Gasteiger partial charge is 0.478 e. The molecule has 0 heterocycles. The van der Waals surface area contributed by atoms with Gasteiger partial charge < -0.3 is 10.8 Å². The van der Waals surface area contributed by atoms with Gasteiger partial charge in [0.25, 0.3) is 0 Å². The number of hydrogen-bond acceptors (Lipinski definition) is 6. The fourth-order valence-electron chi connectivity index (χ4n) is 1.95. The molecule has 7 nitrogen and oxygen atoms in total. The average Bonchev–Trinajstić information content (AvgIpc) is 2.50. The van der Waals surface area contributed by atoms with E-state index >= 15 is 0 Å². The first kappa shape index (κ1) is 16.8. The maximum absolute atomic E-state index is 12.5. The second-order valence-corrected chi connectivity index (χ2v) is 4.63. The highest BCUT2D eigenvalue weighted by Gasteiger charge is 2.45. The smallest absolute Gasteiger partial charge is 0.369 e. The van der Waals surface area contributed by atoms with Crippen molar-refractivity contribution < 1.29 is 29.6 Å². The molecule has 1 aromatic carbocycles. The summed E-state index contributed by atoms with van der Waals surface area (Å²) in [6, 6.07) is 5.42. The van der Waals surface area contributed by atoms with Gasteiger partial charge in [-0.25, -0.2) is 9.59 Å². The Morgan fingerprint density at radius 1 is 1.24 bits per heavy atom. The minimum Gasteiger partial charge on any atom is -0.478 e. The van der Waals surface area contributed by atoms with Gasteiger partial charge in [-0.2, -0.15) is 5.26 Å².